The Labute approximate surface area is 172 Å². The number of rotatable bonds is 6. The molecule has 0 aliphatic carbocycles. The normalized spacial score (nSPS) is 13.9. The molecule has 0 radical (unpaired) electrons. The van der Waals surface area contributed by atoms with E-state index in [0.717, 1.165) is 50.4 Å². The van der Waals surface area contributed by atoms with E-state index in [0.29, 0.717) is 0 Å². The monoisotopic (exact) mass is 385 g/mol. The molecule has 1 heterocycles. The third-order valence-corrected chi connectivity index (χ3v) is 5.41. The van der Waals surface area contributed by atoms with Gasteiger partial charge in [-0.05, 0) is 48.4 Å². The van der Waals surface area contributed by atoms with E-state index in [1.54, 1.807) is 0 Å². The maximum atomic E-state index is 12.6. The lowest BCUT2D eigenvalue weighted by molar-refractivity contribution is 0.0747. The Balaban J connectivity index is 1.26. The average molecular weight is 386 g/mol. The molecule has 1 fully saturated rings. The van der Waals surface area contributed by atoms with E-state index in [2.05, 4.69) is 58.7 Å². The summed E-state index contributed by atoms with van der Waals surface area (Å²) < 4.78 is 0. The number of hydrogen-bond acceptors (Lipinski definition) is 3. The summed E-state index contributed by atoms with van der Waals surface area (Å²) >= 11 is 0. The maximum absolute atomic E-state index is 12.6. The zero-order valence-electron chi connectivity index (χ0n) is 16.6. The molecule has 0 aromatic heterocycles. The molecule has 1 saturated heterocycles. The molecule has 1 N–H and O–H groups in total. The second-order valence-corrected chi connectivity index (χ2v) is 7.35. The van der Waals surface area contributed by atoms with Gasteiger partial charge in [0.25, 0.3) is 5.91 Å². The second kappa shape index (κ2) is 9.28. The van der Waals surface area contributed by atoms with Crippen LogP contribution in [0.5, 0.6) is 0 Å². The standard InChI is InChI=1S/C25H27N3O/c29-25(22-9-5-2-6-10-22)28-19-17-27(18-20-28)24-13-11-23(12-14-24)26-16-15-21-7-3-1-4-8-21/h1-14,26H,15-20H2. The van der Waals surface area contributed by atoms with Crippen LogP contribution < -0.4 is 10.2 Å². The largest absolute Gasteiger partial charge is 0.385 e. The molecular weight excluding hydrogens is 358 g/mol. The Morgan fingerprint density at radius 1 is 0.759 bits per heavy atom. The van der Waals surface area contributed by atoms with Gasteiger partial charge in [-0.15, -0.1) is 0 Å². The summed E-state index contributed by atoms with van der Waals surface area (Å²) in [6, 6.07) is 28.7. The van der Waals surface area contributed by atoms with Crippen molar-refractivity contribution >= 4 is 17.3 Å². The highest BCUT2D eigenvalue weighted by molar-refractivity contribution is 5.94. The van der Waals surface area contributed by atoms with Gasteiger partial charge in [0.2, 0.25) is 0 Å². The molecule has 4 heteroatoms. The minimum Gasteiger partial charge on any atom is -0.385 e. The molecule has 1 aliphatic rings. The highest BCUT2D eigenvalue weighted by atomic mass is 16.2. The van der Waals surface area contributed by atoms with Crippen molar-refractivity contribution in [2.24, 2.45) is 0 Å². The van der Waals surface area contributed by atoms with Crippen LogP contribution in [0.25, 0.3) is 0 Å². The molecule has 0 unspecified atom stereocenters. The van der Waals surface area contributed by atoms with E-state index in [1.807, 2.05) is 41.3 Å². The Bertz CT molecular complexity index is 902. The fourth-order valence-electron chi connectivity index (χ4n) is 3.72. The summed E-state index contributed by atoms with van der Waals surface area (Å²) in [4.78, 5) is 16.9. The summed E-state index contributed by atoms with van der Waals surface area (Å²) in [5.74, 6) is 0.128. The Morgan fingerprint density at radius 3 is 2.03 bits per heavy atom. The molecule has 3 aromatic carbocycles. The van der Waals surface area contributed by atoms with Gasteiger partial charge in [-0.2, -0.15) is 0 Å². The smallest absolute Gasteiger partial charge is 0.253 e. The number of anilines is 2. The van der Waals surface area contributed by atoms with Gasteiger partial charge in [0, 0.05) is 49.7 Å². The molecule has 3 aromatic rings. The first kappa shape index (κ1) is 19.1. The van der Waals surface area contributed by atoms with Crippen molar-refractivity contribution in [3.63, 3.8) is 0 Å². The lowest BCUT2D eigenvalue weighted by Gasteiger charge is -2.36. The molecule has 0 bridgehead atoms. The molecule has 4 rings (SSSR count). The zero-order chi connectivity index (χ0) is 19.9. The molecule has 4 nitrogen and oxygen atoms in total. The van der Waals surface area contributed by atoms with E-state index in [9.17, 15) is 4.79 Å². The molecule has 0 atom stereocenters. The molecule has 1 aliphatic heterocycles. The molecule has 148 valence electrons. The number of carbonyl (C=O) groups excluding carboxylic acids is 1. The van der Waals surface area contributed by atoms with Gasteiger partial charge in [-0.1, -0.05) is 48.5 Å². The molecule has 0 saturated carbocycles. The van der Waals surface area contributed by atoms with Crippen molar-refractivity contribution in [2.75, 3.05) is 42.9 Å². The Hall–Kier alpha value is -3.27. The van der Waals surface area contributed by atoms with Crippen molar-refractivity contribution < 1.29 is 4.79 Å². The minimum absolute atomic E-state index is 0.128. The van der Waals surface area contributed by atoms with Crippen molar-refractivity contribution in [2.45, 2.75) is 6.42 Å². The number of nitrogens with zero attached hydrogens (tertiary/aromatic N) is 2. The van der Waals surface area contributed by atoms with Gasteiger partial charge in [-0.3, -0.25) is 4.79 Å². The van der Waals surface area contributed by atoms with Crippen LogP contribution in [0.15, 0.2) is 84.9 Å². The molecule has 1 amide bonds. The number of benzene rings is 3. The van der Waals surface area contributed by atoms with Crippen LogP contribution >= 0.6 is 0 Å². The second-order valence-electron chi connectivity index (χ2n) is 7.35. The Kier molecular flexibility index (Phi) is 6.10. The first-order valence-electron chi connectivity index (χ1n) is 10.3. The predicted octanol–water partition coefficient (Wildman–Crippen LogP) is 4.30. The number of piperazine rings is 1. The van der Waals surface area contributed by atoms with Crippen LogP contribution in [-0.4, -0.2) is 43.5 Å². The number of carbonyl (C=O) groups is 1. The lowest BCUT2D eigenvalue weighted by Crippen LogP contribution is -2.48. The van der Waals surface area contributed by atoms with Crippen molar-refractivity contribution in [3.8, 4) is 0 Å². The third kappa shape index (κ3) is 4.96. The fraction of sp³-hybridized carbons (Fsp3) is 0.240. The van der Waals surface area contributed by atoms with Crippen LogP contribution in [0.1, 0.15) is 15.9 Å². The van der Waals surface area contributed by atoms with Crippen LogP contribution in [-0.2, 0) is 6.42 Å². The molecular formula is C25H27N3O. The SMILES string of the molecule is O=C(c1ccccc1)N1CCN(c2ccc(NCCc3ccccc3)cc2)CC1. The predicted molar refractivity (Wildman–Crippen MR) is 120 cm³/mol. The van der Waals surface area contributed by atoms with E-state index >= 15 is 0 Å². The average Bonchev–Trinajstić information content (AvgIpc) is 2.80. The third-order valence-electron chi connectivity index (χ3n) is 5.41. The van der Waals surface area contributed by atoms with Gasteiger partial charge >= 0.3 is 0 Å². The van der Waals surface area contributed by atoms with Gasteiger partial charge in [0.05, 0.1) is 0 Å². The first-order valence-corrected chi connectivity index (χ1v) is 10.3. The number of amides is 1. The van der Waals surface area contributed by atoms with Crippen LogP contribution in [0.2, 0.25) is 0 Å². The fourth-order valence-corrected chi connectivity index (χ4v) is 3.72. The summed E-state index contributed by atoms with van der Waals surface area (Å²) in [5.41, 5.74) is 4.47. The molecule has 29 heavy (non-hydrogen) atoms. The summed E-state index contributed by atoms with van der Waals surface area (Å²) in [5, 5.41) is 3.49. The topological polar surface area (TPSA) is 35.6 Å². The highest BCUT2D eigenvalue weighted by Crippen LogP contribution is 2.20. The van der Waals surface area contributed by atoms with Crippen LogP contribution in [0.4, 0.5) is 11.4 Å². The van der Waals surface area contributed by atoms with Gasteiger partial charge in [0.1, 0.15) is 0 Å². The van der Waals surface area contributed by atoms with Crippen molar-refractivity contribution in [1.29, 1.82) is 0 Å². The number of hydrogen-bond donors (Lipinski definition) is 1. The summed E-state index contributed by atoms with van der Waals surface area (Å²) in [6.45, 7) is 4.15. The maximum Gasteiger partial charge on any atom is 0.253 e. The van der Waals surface area contributed by atoms with E-state index in [4.69, 9.17) is 0 Å². The van der Waals surface area contributed by atoms with E-state index in [-0.39, 0.29) is 5.91 Å². The van der Waals surface area contributed by atoms with E-state index in [1.165, 1.54) is 11.3 Å². The quantitative estimate of drug-likeness (QED) is 0.687. The summed E-state index contributed by atoms with van der Waals surface area (Å²) in [6.07, 6.45) is 1.01. The first-order chi connectivity index (χ1) is 14.3. The van der Waals surface area contributed by atoms with Crippen molar-refractivity contribution in [1.82, 2.24) is 4.90 Å². The lowest BCUT2D eigenvalue weighted by atomic mass is 10.1. The van der Waals surface area contributed by atoms with E-state index < -0.39 is 0 Å². The van der Waals surface area contributed by atoms with Crippen LogP contribution in [0, 0.1) is 0 Å². The minimum atomic E-state index is 0.128. The summed E-state index contributed by atoms with van der Waals surface area (Å²) in [7, 11) is 0. The molecule has 0 spiro atoms. The highest BCUT2D eigenvalue weighted by Gasteiger charge is 2.22. The van der Waals surface area contributed by atoms with Crippen LogP contribution in [0.3, 0.4) is 0 Å². The van der Waals surface area contributed by atoms with Crippen molar-refractivity contribution in [3.05, 3.63) is 96.1 Å². The number of nitrogens with one attached hydrogen (secondary N) is 1. The zero-order valence-corrected chi connectivity index (χ0v) is 16.6. The van der Waals surface area contributed by atoms with Gasteiger partial charge in [0.15, 0.2) is 0 Å². The van der Waals surface area contributed by atoms with Gasteiger partial charge in [-0.25, -0.2) is 0 Å². The van der Waals surface area contributed by atoms with Gasteiger partial charge < -0.3 is 15.1 Å². The Morgan fingerprint density at radius 2 is 1.38 bits per heavy atom.